The van der Waals surface area contributed by atoms with Gasteiger partial charge in [-0.1, -0.05) is 159 Å². The molecule has 0 aliphatic rings. The molecule has 0 saturated heterocycles. The molecule has 6 aromatic carbocycles. The Hall–Kier alpha value is -4.94. The maximum absolute atomic E-state index is 4.70. The van der Waals surface area contributed by atoms with Crippen LogP contribution in [0.25, 0.3) is 49.9 Å². The van der Waals surface area contributed by atoms with Crippen molar-refractivity contribution in [3.05, 3.63) is 175 Å². The zero-order valence-corrected chi connectivity index (χ0v) is 21.3. The predicted molar refractivity (Wildman–Crippen MR) is 166 cm³/mol. The second-order valence-corrected chi connectivity index (χ2v) is 9.50. The quantitative estimate of drug-likeness (QED) is 0.163. The van der Waals surface area contributed by atoms with Crippen LogP contribution >= 0.6 is 0 Å². The molecule has 0 bridgehead atoms. The van der Waals surface area contributed by atoms with Gasteiger partial charge in [0.15, 0.2) is 0 Å². The zero-order chi connectivity index (χ0) is 25.9. The summed E-state index contributed by atoms with van der Waals surface area (Å²) in [6.45, 7) is 9.21. The summed E-state index contributed by atoms with van der Waals surface area (Å²) in [6, 6.07) is 46.8. The molecular weight excluding hydrogens is 456 g/mol. The van der Waals surface area contributed by atoms with Crippen molar-refractivity contribution in [3.8, 4) is 11.1 Å². The van der Waals surface area contributed by atoms with Crippen molar-refractivity contribution in [1.29, 1.82) is 0 Å². The van der Waals surface area contributed by atoms with Gasteiger partial charge in [-0.15, -0.1) is 0 Å². The zero-order valence-electron chi connectivity index (χ0n) is 21.3. The van der Waals surface area contributed by atoms with Crippen LogP contribution in [0.15, 0.2) is 153 Å². The first kappa shape index (κ1) is 23.5. The number of allylic oxidation sites excluding steroid dienone is 2. The minimum atomic E-state index is 0.989. The lowest BCUT2D eigenvalue weighted by Crippen LogP contribution is -1.97. The first-order valence-electron chi connectivity index (χ1n) is 12.9. The van der Waals surface area contributed by atoms with E-state index in [2.05, 4.69) is 146 Å². The van der Waals surface area contributed by atoms with E-state index in [0.717, 1.165) is 27.8 Å². The Morgan fingerprint density at radius 3 is 1.55 bits per heavy atom. The minimum absolute atomic E-state index is 0.989. The van der Waals surface area contributed by atoms with Crippen molar-refractivity contribution in [2.45, 2.75) is 0 Å². The van der Waals surface area contributed by atoms with Gasteiger partial charge in [-0.05, 0) is 66.1 Å². The third-order valence-corrected chi connectivity index (χ3v) is 7.17. The highest BCUT2D eigenvalue weighted by Gasteiger charge is 2.19. The predicted octanol–water partition coefficient (Wildman–Crippen LogP) is 10.4. The van der Waals surface area contributed by atoms with Crippen molar-refractivity contribution >= 4 is 38.8 Å². The first-order valence-corrected chi connectivity index (χ1v) is 12.9. The highest BCUT2D eigenvalue weighted by atomic mass is 14.2. The fourth-order valence-corrected chi connectivity index (χ4v) is 5.39. The van der Waals surface area contributed by atoms with Gasteiger partial charge in [-0.3, -0.25) is 0 Å². The molecule has 0 heterocycles. The molecule has 0 radical (unpaired) electrons. The molecule has 0 amide bonds. The maximum atomic E-state index is 4.70. The highest BCUT2D eigenvalue weighted by Crippen LogP contribution is 2.42. The summed E-state index contributed by atoms with van der Waals surface area (Å²) in [5.74, 6) is 0. The van der Waals surface area contributed by atoms with Gasteiger partial charge in [0.05, 0.1) is 0 Å². The fourth-order valence-electron chi connectivity index (χ4n) is 5.39. The highest BCUT2D eigenvalue weighted by molar-refractivity contribution is 6.18. The van der Waals surface area contributed by atoms with Gasteiger partial charge in [-0.2, -0.15) is 0 Å². The van der Waals surface area contributed by atoms with E-state index in [1.165, 1.54) is 38.2 Å². The average molecular weight is 485 g/mol. The van der Waals surface area contributed by atoms with Gasteiger partial charge in [0.25, 0.3) is 0 Å². The minimum Gasteiger partial charge on any atom is -0.0911 e. The molecule has 0 atom stereocenters. The molecule has 0 aliphatic heterocycles. The molecular formula is C38H28. The Morgan fingerprint density at radius 2 is 0.947 bits per heavy atom. The summed E-state index contributed by atoms with van der Waals surface area (Å²) < 4.78 is 0. The Bertz CT molecular complexity index is 1760. The van der Waals surface area contributed by atoms with E-state index in [-0.39, 0.29) is 0 Å². The summed E-state index contributed by atoms with van der Waals surface area (Å²) in [4.78, 5) is 0. The first-order chi connectivity index (χ1) is 18.7. The molecule has 0 fully saturated rings. The number of benzene rings is 6. The van der Waals surface area contributed by atoms with Crippen molar-refractivity contribution in [1.82, 2.24) is 0 Å². The van der Waals surface area contributed by atoms with Gasteiger partial charge < -0.3 is 0 Å². The van der Waals surface area contributed by atoms with Crippen LogP contribution in [-0.4, -0.2) is 0 Å². The van der Waals surface area contributed by atoms with E-state index in [9.17, 15) is 0 Å². The second kappa shape index (κ2) is 10.2. The summed E-state index contributed by atoms with van der Waals surface area (Å²) in [6.07, 6.45) is 4.26. The lowest BCUT2D eigenvalue weighted by Gasteiger charge is -2.20. The van der Waals surface area contributed by atoms with Crippen LogP contribution in [0.5, 0.6) is 0 Å². The van der Waals surface area contributed by atoms with Gasteiger partial charge in [0, 0.05) is 0 Å². The summed E-state index contributed by atoms with van der Waals surface area (Å²) in [7, 11) is 0. The fraction of sp³-hybridized carbons (Fsp3) is 0. The van der Waals surface area contributed by atoms with Gasteiger partial charge in [0.2, 0.25) is 0 Å². The topological polar surface area (TPSA) is 0 Å². The van der Waals surface area contributed by atoms with E-state index in [0.29, 0.717) is 0 Å². The Kier molecular flexibility index (Phi) is 6.30. The SMILES string of the molecule is C=C(/C=C\c1ccccc1)c1c2ccccc2c(C(=C)c2ccccc2-c2ccccc2)c2ccccc12. The van der Waals surface area contributed by atoms with Crippen LogP contribution in [0.4, 0.5) is 0 Å². The normalized spacial score (nSPS) is 11.3. The van der Waals surface area contributed by atoms with Crippen LogP contribution in [0.1, 0.15) is 22.3 Å². The molecule has 0 heteroatoms. The number of rotatable bonds is 6. The lowest BCUT2D eigenvalue weighted by atomic mass is 9.83. The number of fused-ring (bicyclic) bond motifs is 2. The van der Waals surface area contributed by atoms with Crippen LogP contribution in [0, 0.1) is 0 Å². The van der Waals surface area contributed by atoms with Crippen LogP contribution in [-0.2, 0) is 0 Å². The molecule has 38 heavy (non-hydrogen) atoms. The van der Waals surface area contributed by atoms with E-state index in [4.69, 9.17) is 6.58 Å². The molecule has 6 rings (SSSR count). The van der Waals surface area contributed by atoms with Crippen LogP contribution in [0.3, 0.4) is 0 Å². The monoisotopic (exact) mass is 484 g/mol. The smallest absolute Gasteiger partial charge is 0.00261 e. The van der Waals surface area contributed by atoms with Gasteiger partial charge in [0.1, 0.15) is 0 Å². The third-order valence-electron chi connectivity index (χ3n) is 7.17. The molecule has 0 aliphatic carbocycles. The average Bonchev–Trinajstić information content (AvgIpc) is 2.99. The molecule has 0 nitrogen and oxygen atoms in total. The standard InChI is InChI=1S/C38H28/c1-27(25-26-29-15-5-3-6-16-29)37-33-21-11-13-23-35(33)38(36-24-14-12-22-34(36)37)28(2)31-19-9-10-20-32(31)30-17-7-4-8-18-30/h3-26H,1-2H2/b26-25-. The Balaban J connectivity index is 1.58. The van der Waals surface area contributed by atoms with Gasteiger partial charge in [-0.25, -0.2) is 0 Å². The van der Waals surface area contributed by atoms with E-state index < -0.39 is 0 Å². The van der Waals surface area contributed by atoms with Crippen molar-refractivity contribution in [2.24, 2.45) is 0 Å². The van der Waals surface area contributed by atoms with Crippen molar-refractivity contribution in [3.63, 3.8) is 0 Å². The summed E-state index contributed by atoms with van der Waals surface area (Å²) in [5, 5.41) is 4.73. The van der Waals surface area contributed by atoms with Crippen LogP contribution < -0.4 is 0 Å². The molecule has 180 valence electrons. The number of hydrogen-bond donors (Lipinski definition) is 0. The van der Waals surface area contributed by atoms with Gasteiger partial charge >= 0.3 is 0 Å². The number of hydrogen-bond acceptors (Lipinski definition) is 0. The van der Waals surface area contributed by atoms with Crippen molar-refractivity contribution in [2.75, 3.05) is 0 Å². The molecule has 6 aromatic rings. The van der Waals surface area contributed by atoms with E-state index in [1.54, 1.807) is 0 Å². The third kappa shape index (κ3) is 4.27. The molecule has 0 spiro atoms. The van der Waals surface area contributed by atoms with Crippen LogP contribution in [0.2, 0.25) is 0 Å². The second-order valence-electron chi connectivity index (χ2n) is 9.50. The molecule has 0 aromatic heterocycles. The summed E-state index contributed by atoms with van der Waals surface area (Å²) >= 11 is 0. The van der Waals surface area contributed by atoms with E-state index >= 15 is 0 Å². The Labute approximate surface area is 224 Å². The largest absolute Gasteiger partial charge is 0.0911 e. The lowest BCUT2D eigenvalue weighted by molar-refractivity contribution is 1.56. The van der Waals surface area contributed by atoms with E-state index in [1.807, 2.05) is 6.07 Å². The molecule has 0 N–H and O–H groups in total. The molecule has 0 saturated carbocycles. The Morgan fingerprint density at radius 1 is 0.474 bits per heavy atom. The maximum Gasteiger partial charge on any atom is -0.00261 e. The molecule has 0 unspecified atom stereocenters. The van der Waals surface area contributed by atoms with Crippen molar-refractivity contribution < 1.29 is 0 Å². The summed E-state index contributed by atoms with van der Waals surface area (Å²) in [5.41, 5.74) is 9.02.